The Morgan fingerprint density at radius 3 is 1.54 bits per heavy atom. The number of nitrogens with zero attached hydrogens (tertiary/aromatic N) is 1. The topological polar surface area (TPSA) is 3.24 Å². The monoisotopic (exact) mass is 715 g/mol. The molecule has 0 spiro atoms. The highest BCUT2D eigenvalue weighted by molar-refractivity contribution is 6.04. The van der Waals surface area contributed by atoms with Crippen LogP contribution in [0.4, 0.5) is 17.1 Å². The van der Waals surface area contributed by atoms with Gasteiger partial charge >= 0.3 is 0 Å². The van der Waals surface area contributed by atoms with E-state index in [2.05, 4.69) is 231 Å². The fraction of sp³-hybridized carbons (Fsp3) is 0.0545. The zero-order chi connectivity index (χ0) is 37.6. The van der Waals surface area contributed by atoms with Crippen LogP contribution in [0.2, 0.25) is 0 Å². The number of fused-ring (bicyclic) bond motifs is 4. The van der Waals surface area contributed by atoms with E-state index in [1.807, 2.05) is 0 Å². The summed E-state index contributed by atoms with van der Waals surface area (Å²) in [5.41, 5.74) is 18.2. The van der Waals surface area contributed by atoms with Gasteiger partial charge in [0.25, 0.3) is 0 Å². The average molecular weight is 716 g/mol. The van der Waals surface area contributed by atoms with Crippen LogP contribution < -0.4 is 4.90 Å². The summed E-state index contributed by atoms with van der Waals surface area (Å²) < 4.78 is 0. The molecule has 0 amide bonds. The maximum absolute atomic E-state index is 2.44. The van der Waals surface area contributed by atoms with Gasteiger partial charge in [-0.25, -0.2) is 0 Å². The first kappa shape index (κ1) is 33.6. The molecule has 1 nitrogen and oxygen atoms in total. The Morgan fingerprint density at radius 2 is 0.857 bits per heavy atom. The number of hydrogen-bond donors (Lipinski definition) is 0. The summed E-state index contributed by atoms with van der Waals surface area (Å²) in [6, 6.07) is 77.7. The molecule has 0 saturated carbocycles. The molecule has 0 atom stereocenters. The SMILES string of the molecule is CC1(C)c2ccccc2-c2ccc(N(c3ccc(-c4ccc5ccccc5c4-c4ccccc4)cc3)c3cc(-c4ccccc4)cc(-c4ccccc4)c3)cc21. The van der Waals surface area contributed by atoms with Crippen molar-refractivity contribution in [1.29, 1.82) is 0 Å². The van der Waals surface area contributed by atoms with E-state index < -0.39 is 0 Å². The molecule has 0 saturated heterocycles. The summed E-state index contributed by atoms with van der Waals surface area (Å²) in [7, 11) is 0. The zero-order valence-corrected chi connectivity index (χ0v) is 31.7. The lowest BCUT2D eigenvalue weighted by atomic mass is 9.82. The van der Waals surface area contributed by atoms with Gasteiger partial charge in [-0.15, -0.1) is 0 Å². The maximum Gasteiger partial charge on any atom is 0.0473 e. The molecule has 10 rings (SSSR count). The van der Waals surface area contributed by atoms with E-state index in [-0.39, 0.29) is 5.41 Å². The standard InChI is InChI=1S/C55H41N/c1-55(2)52-25-15-14-24-50(52)51-33-31-46(37-53(51)55)56(47-35-43(38-16-6-3-7-17-38)34-44(36-47)39-18-8-4-9-19-39)45-29-26-41(27-30-45)49-32-28-40-20-12-13-23-48(40)54(49)42-21-10-5-11-22-42/h3-37H,1-2H3. The van der Waals surface area contributed by atoms with Crippen LogP contribution in [0.5, 0.6) is 0 Å². The molecule has 9 aromatic rings. The maximum atomic E-state index is 2.44. The highest BCUT2D eigenvalue weighted by atomic mass is 15.1. The lowest BCUT2D eigenvalue weighted by Crippen LogP contribution is -2.16. The van der Waals surface area contributed by atoms with Crippen molar-refractivity contribution in [3.8, 4) is 55.6 Å². The van der Waals surface area contributed by atoms with Gasteiger partial charge in [0.15, 0.2) is 0 Å². The van der Waals surface area contributed by atoms with Gasteiger partial charge in [-0.2, -0.15) is 0 Å². The molecule has 9 aromatic carbocycles. The Morgan fingerprint density at radius 1 is 0.321 bits per heavy atom. The van der Waals surface area contributed by atoms with E-state index in [9.17, 15) is 0 Å². The predicted molar refractivity (Wildman–Crippen MR) is 238 cm³/mol. The molecule has 0 fully saturated rings. The van der Waals surface area contributed by atoms with Crippen molar-refractivity contribution in [3.05, 3.63) is 223 Å². The number of hydrogen-bond acceptors (Lipinski definition) is 1. The van der Waals surface area contributed by atoms with Gasteiger partial charge in [-0.3, -0.25) is 0 Å². The molecule has 0 aliphatic heterocycles. The van der Waals surface area contributed by atoms with Gasteiger partial charge in [-0.05, 0) is 120 Å². The molecule has 0 aromatic heterocycles. The summed E-state index contributed by atoms with van der Waals surface area (Å²) in [6.07, 6.45) is 0. The lowest BCUT2D eigenvalue weighted by molar-refractivity contribution is 0.660. The Hall–Kier alpha value is -6.96. The predicted octanol–water partition coefficient (Wildman–Crippen LogP) is 15.3. The van der Waals surface area contributed by atoms with Crippen molar-refractivity contribution in [3.63, 3.8) is 0 Å². The van der Waals surface area contributed by atoms with Crippen LogP contribution in [-0.4, -0.2) is 0 Å². The van der Waals surface area contributed by atoms with E-state index in [1.54, 1.807) is 0 Å². The molecule has 1 aliphatic rings. The van der Waals surface area contributed by atoms with Crippen molar-refractivity contribution in [2.45, 2.75) is 19.3 Å². The first-order chi connectivity index (χ1) is 27.5. The fourth-order valence-corrected chi connectivity index (χ4v) is 8.83. The first-order valence-electron chi connectivity index (χ1n) is 19.5. The van der Waals surface area contributed by atoms with Crippen LogP contribution in [0.25, 0.3) is 66.4 Å². The van der Waals surface area contributed by atoms with Crippen molar-refractivity contribution in [2.75, 3.05) is 4.90 Å². The molecule has 0 heterocycles. The van der Waals surface area contributed by atoms with Crippen molar-refractivity contribution < 1.29 is 0 Å². The number of anilines is 3. The van der Waals surface area contributed by atoms with Crippen LogP contribution in [-0.2, 0) is 5.41 Å². The van der Waals surface area contributed by atoms with Crippen molar-refractivity contribution in [1.82, 2.24) is 0 Å². The zero-order valence-electron chi connectivity index (χ0n) is 31.7. The Balaban J connectivity index is 1.17. The first-order valence-corrected chi connectivity index (χ1v) is 19.5. The van der Waals surface area contributed by atoms with Crippen LogP contribution >= 0.6 is 0 Å². The summed E-state index contributed by atoms with van der Waals surface area (Å²) in [4.78, 5) is 2.44. The third-order valence-electron chi connectivity index (χ3n) is 11.6. The van der Waals surface area contributed by atoms with Gasteiger partial charge in [-0.1, -0.05) is 184 Å². The van der Waals surface area contributed by atoms with Crippen molar-refractivity contribution >= 4 is 27.8 Å². The molecule has 0 N–H and O–H groups in total. The van der Waals surface area contributed by atoms with E-state index in [1.165, 1.54) is 77.5 Å². The number of benzene rings is 9. The van der Waals surface area contributed by atoms with E-state index in [0.29, 0.717) is 0 Å². The highest BCUT2D eigenvalue weighted by Gasteiger charge is 2.35. The second-order valence-electron chi connectivity index (χ2n) is 15.4. The highest BCUT2D eigenvalue weighted by Crippen LogP contribution is 2.51. The van der Waals surface area contributed by atoms with Gasteiger partial charge < -0.3 is 4.90 Å². The lowest BCUT2D eigenvalue weighted by Gasteiger charge is -2.29. The molecule has 0 unspecified atom stereocenters. The van der Waals surface area contributed by atoms with Crippen LogP contribution in [0.15, 0.2) is 212 Å². The normalized spacial score (nSPS) is 12.6. The van der Waals surface area contributed by atoms with E-state index in [4.69, 9.17) is 0 Å². The van der Waals surface area contributed by atoms with Gasteiger partial charge in [0.05, 0.1) is 0 Å². The minimum Gasteiger partial charge on any atom is -0.310 e. The fourth-order valence-electron chi connectivity index (χ4n) is 8.83. The molecule has 1 heteroatoms. The molecule has 56 heavy (non-hydrogen) atoms. The molecule has 0 radical (unpaired) electrons. The second-order valence-corrected chi connectivity index (χ2v) is 15.4. The summed E-state index contributed by atoms with van der Waals surface area (Å²) in [5, 5.41) is 2.50. The molecule has 1 aliphatic carbocycles. The van der Waals surface area contributed by atoms with Gasteiger partial charge in [0, 0.05) is 22.5 Å². The summed E-state index contributed by atoms with van der Waals surface area (Å²) in [6.45, 7) is 4.72. The smallest absolute Gasteiger partial charge is 0.0473 e. The van der Waals surface area contributed by atoms with Crippen LogP contribution in [0.3, 0.4) is 0 Å². The Bertz CT molecular complexity index is 2800. The quantitative estimate of drug-likeness (QED) is 0.159. The summed E-state index contributed by atoms with van der Waals surface area (Å²) in [5.74, 6) is 0. The van der Waals surface area contributed by atoms with E-state index in [0.717, 1.165) is 17.1 Å². The van der Waals surface area contributed by atoms with E-state index >= 15 is 0 Å². The average Bonchev–Trinajstić information content (AvgIpc) is 3.49. The molecule has 266 valence electrons. The largest absolute Gasteiger partial charge is 0.310 e. The van der Waals surface area contributed by atoms with Crippen LogP contribution in [0, 0.1) is 0 Å². The minimum absolute atomic E-state index is 0.123. The second kappa shape index (κ2) is 13.7. The minimum atomic E-state index is -0.123. The Kier molecular flexibility index (Phi) is 8.23. The van der Waals surface area contributed by atoms with Crippen molar-refractivity contribution in [2.24, 2.45) is 0 Å². The van der Waals surface area contributed by atoms with Crippen LogP contribution in [0.1, 0.15) is 25.0 Å². The van der Waals surface area contributed by atoms with Gasteiger partial charge in [0.2, 0.25) is 0 Å². The number of rotatable bonds is 7. The van der Waals surface area contributed by atoms with Gasteiger partial charge in [0.1, 0.15) is 0 Å². The molecular weight excluding hydrogens is 675 g/mol. The molecular formula is C55H41N. The third kappa shape index (κ3) is 5.81. The third-order valence-corrected chi connectivity index (χ3v) is 11.6. The molecule has 0 bridgehead atoms. The summed E-state index contributed by atoms with van der Waals surface area (Å²) >= 11 is 0. The Labute approximate surface area is 329 Å².